The summed E-state index contributed by atoms with van der Waals surface area (Å²) in [5, 5.41) is 10.0. The predicted molar refractivity (Wildman–Crippen MR) is 105 cm³/mol. The van der Waals surface area contributed by atoms with Crippen molar-refractivity contribution in [1.29, 1.82) is 0 Å². The highest BCUT2D eigenvalue weighted by atomic mass is 35.5. The van der Waals surface area contributed by atoms with Gasteiger partial charge in [-0.3, -0.25) is 0 Å². The number of benzene rings is 3. The molecule has 3 aromatic carbocycles. The number of hydrogen-bond donors (Lipinski definition) is 1. The number of aliphatic imine (C=N–C) groups is 1. The van der Waals surface area contributed by atoms with E-state index in [-0.39, 0.29) is 39.9 Å². The van der Waals surface area contributed by atoms with Crippen molar-refractivity contribution in [3.8, 4) is 16.9 Å². The molecule has 0 fully saturated rings. The maximum Gasteiger partial charge on any atom is 0.222 e. The van der Waals surface area contributed by atoms with E-state index in [1.54, 1.807) is 12.1 Å². The van der Waals surface area contributed by atoms with Crippen LogP contribution in [-0.4, -0.2) is 17.6 Å². The highest BCUT2D eigenvalue weighted by Gasteiger charge is 2.26. The van der Waals surface area contributed by atoms with E-state index in [4.69, 9.17) is 27.9 Å². The molecule has 0 aliphatic carbocycles. The van der Waals surface area contributed by atoms with E-state index in [2.05, 4.69) is 4.99 Å². The number of hydrogen-bond acceptors (Lipinski definition) is 3. The maximum atomic E-state index is 13.9. The molecule has 3 nitrogen and oxygen atoms in total. The molecule has 3 aromatic rings. The van der Waals surface area contributed by atoms with Crippen LogP contribution in [0.5, 0.6) is 5.75 Å². The zero-order valence-corrected chi connectivity index (χ0v) is 15.8. The minimum absolute atomic E-state index is 0.0400. The van der Waals surface area contributed by atoms with Crippen molar-refractivity contribution in [3.63, 3.8) is 0 Å². The SMILES string of the molecule is Oc1c(Cl)cc(-c2ccc(C3COC(c4c(F)cccc4F)=N3)cc2)cc1Cl. The Labute approximate surface area is 169 Å². The van der Waals surface area contributed by atoms with Crippen LogP contribution in [0.1, 0.15) is 17.2 Å². The van der Waals surface area contributed by atoms with Crippen molar-refractivity contribution in [2.45, 2.75) is 6.04 Å². The molecule has 1 unspecified atom stereocenters. The van der Waals surface area contributed by atoms with E-state index < -0.39 is 11.6 Å². The van der Waals surface area contributed by atoms with Crippen molar-refractivity contribution in [1.82, 2.24) is 0 Å². The van der Waals surface area contributed by atoms with Crippen LogP contribution in [0.25, 0.3) is 11.1 Å². The van der Waals surface area contributed by atoms with Gasteiger partial charge in [0.05, 0.1) is 10.0 Å². The zero-order chi connectivity index (χ0) is 19.8. The largest absolute Gasteiger partial charge is 0.505 e. The molecular formula is C21H13Cl2F2NO2. The Morgan fingerprint density at radius 3 is 2.14 bits per heavy atom. The summed E-state index contributed by atoms with van der Waals surface area (Å²) in [6.45, 7) is 0.194. The predicted octanol–water partition coefficient (Wildman–Crippen LogP) is 6.16. The van der Waals surface area contributed by atoms with Gasteiger partial charge in [-0.25, -0.2) is 13.8 Å². The van der Waals surface area contributed by atoms with Gasteiger partial charge in [0, 0.05) is 0 Å². The Hall–Kier alpha value is -2.63. The normalized spacial score (nSPS) is 16.0. The van der Waals surface area contributed by atoms with Crippen LogP contribution in [0.4, 0.5) is 8.78 Å². The molecule has 4 rings (SSSR count). The maximum absolute atomic E-state index is 13.9. The standard InChI is InChI=1S/C21H13Cl2F2NO2/c22-14-8-13(9-15(23)20(14)27)11-4-6-12(7-5-11)18-10-28-21(26-18)19-16(24)2-1-3-17(19)25/h1-9,18,27H,10H2. The number of ether oxygens (including phenoxy) is 1. The average Bonchev–Trinajstić information content (AvgIpc) is 3.15. The lowest BCUT2D eigenvalue weighted by molar-refractivity contribution is 0.317. The number of phenols is 1. The van der Waals surface area contributed by atoms with Crippen molar-refractivity contribution in [2.24, 2.45) is 4.99 Å². The third-order valence-electron chi connectivity index (χ3n) is 4.47. The molecule has 1 atom stereocenters. The Morgan fingerprint density at radius 2 is 1.54 bits per heavy atom. The van der Waals surface area contributed by atoms with Gasteiger partial charge >= 0.3 is 0 Å². The molecule has 0 amide bonds. The van der Waals surface area contributed by atoms with Gasteiger partial charge in [-0.05, 0) is 41.0 Å². The zero-order valence-electron chi connectivity index (χ0n) is 14.3. The van der Waals surface area contributed by atoms with Crippen molar-refractivity contribution in [2.75, 3.05) is 6.61 Å². The number of aromatic hydroxyl groups is 1. The fourth-order valence-electron chi connectivity index (χ4n) is 3.01. The lowest BCUT2D eigenvalue weighted by atomic mass is 10.0. The number of halogens is 4. The third kappa shape index (κ3) is 3.43. The monoisotopic (exact) mass is 419 g/mol. The van der Waals surface area contributed by atoms with E-state index in [0.717, 1.165) is 16.7 Å². The van der Waals surface area contributed by atoms with Crippen molar-refractivity contribution >= 4 is 29.1 Å². The summed E-state index contributed by atoms with van der Waals surface area (Å²) in [7, 11) is 0. The summed E-state index contributed by atoms with van der Waals surface area (Å²) >= 11 is 11.9. The Bertz CT molecular complexity index is 1040. The first-order valence-electron chi connectivity index (χ1n) is 8.37. The van der Waals surface area contributed by atoms with E-state index in [1.165, 1.54) is 18.2 Å². The second kappa shape index (κ2) is 7.41. The van der Waals surface area contributed by atoms with Gasteiger partial charge in [0.15, 0.2) is 5.75 Å². The first-order valence-corrected chi connectivity index (χ1v) is 9.13. The molecule has 1 aliphatic heterocycles. The van der Waals surface area contributed by atoms with Gasteiger partial charge in [0.1, 0.15) is 29.8 Å². The van der Waals surface area contributed by atoms with E-state index in [9.17, 15) is 13.9 Å². The topological polar surface area (TPSA) is 41.8 Å². The molecule has 0 saturated carbocycles. The second-order valence-electron chi connectivity index (χ2n) is 6.27. The Kier molecular flexibility index (Phi) is 4.96. The highest BCUT2D eigenvalue weighted by Crippen LogP contribution is 2.37. The summed E-state index contributed by atoms with van der Waals surface area (Å²) in [5.74, 6) is -1.62. The second-order valence-corrected chi connectivity index (χ2v) is 7.08. The van der Waals surface area contributed by atoms with Crippen LogP contribution in [0.3, 0.4) is 0 Å². The summed E-state index contributed by atoms with van der Waals surface area (Å²) in [6.07, 6.45) is 0. The van der Waals surface area contributed by atoms with Gasteiger partial charge in [0.2, 0.25) is 5.90 Å². The van der Waals surface area contributed by atoms with Gasteiger partial charge in [-0.15, -0.1) is 0 Å². The molecule has 0 saturated heterocycles. The summed E-state index contributed by atoms with van der Waals surface area (Å²) in [4.78, 5) is 4.33. The van der Waals surface area contributed by atoms with Crippen molar-refractivity contribution in [3.05, 3.63) is 87.4 Å². The Morgan fingerprint density at radius 1 is 0.929 bits per heavy atom. The minimum Gasteiger partial charge on any atom is -0.505 e. The fourth-order valence-corrected chi connectivity index (χ4v) is 3.50. The van der Waals surface area contributed by atoms with Gasteiger partial charge < -0.3 is 9.84 Å². The van der Waals surface area contributed by atoms with Crippen LogP contribution in [0.15, 0.2) is 59.6 Å². The first-order chi connectivity index (χ1) is 13.4. The minimum atomic E-state index is -0.712. The van der Waals surface area contributed by atoms with Crippen LogP contribution in [-0.2, 0) is 4.74 Å². The fraction of sp³-hybridized carbons (Fsp3) is 0.0952. The average molecular weight is 420 g/mol. The summed E-state index contributed by atoms with van der Waals surface area (Å²) in [6, 6.07) is 13.9. The molecule has 1 aliphatic rings. The van der Waals surface area contributed by atoms with E-state index in [1.807, 2.05) is 24.3 Å². The number of phenolic OH excluding ortho intramolecular Hbond substituents is 1. The van der Waals surface area contributed by atoms with E-state index >= 15 is 0 Å². The highest BCUT2D eigenvalue weighted by molar-refractivity contribution is 6.37. The lowest BCUT2D eigenvalue weighted by Gasteiger charge is -2.09. The number of rotatable bonds is 3. The molecule has 0 bridgehead atoms. The molecule has 0 radical (unpaired) electrons. The lowest BCUT2D eigenvalue weighted by Crippen LogP contribution is -2.07. The molecule has 1 heterocycles. The summed E-state index contributed by atoms with van der Waals surface area (Å²) in [5.41, 5.74) is 2.18. The van der Waals surface area contributed by atoms with Crippen molar-refractivity contribution < 1.29 is 18.6 Å². The van der Waals surface area contributed by atoms with Gasteiger partial charge in [-0.2, -0.15) is 0 Å². The van der Waals surface area contributed by atoms with Crippen LogP contribution >= 0.6 is 23.2 Å². The molecular weight excluding hydrogens is 407 g/mol. The first kappa shape index (κ1) is 18.7. The summed E-state index contributed by atoms with van der Waals surface area (Å²) < 4.78 is 33.3. The van der Waals surface area contributed by atoms with E-state index in [0.29, 0.717) is 0 Å². The molecule has 28 heavy (non-hydrogen) atoms. The van der Waals surface area contributed by atoms with Crippen LogP contribution in [0, 0.1) is 11.6 Å². The van der Waals surface area contributed by atoms with Gasteiger partial charge in [0.25, 0.3) is 0 Å². The molecule has 0 spiro atoms. The smallest absolute Gasteiger partial charge is 0.222 e. The molecule has 142 valence electrons. The molecule has 1 N–H and O–H groups in total. The Balaban J connectivity index is 1.61. The molecule has 7 heteroatoms. The van der Waals surface area contributed by atoms with Crippen LogP contribution in [0.2, 0.25) is 10.0 Å². The van der Waals surface area contributed by atoms with Gasteiger partial charge in [-0.1, -0.05) is 53.5 Å². The molecule has 0 aromatic heterocycles. The quantitative estimate of drug-likeness (QED) is 0.551. The van der Waals surface area contributed by atoms with Crippen LogP contribution < -0.4 is 0 Å². The third-order valence-corrected chi connectivity index (χ3v) is 5.05. The number of nitrogens with zero attached hydrogens (tertiary/aromatic N) is 1.